The van der Waals surface area contributed by atoms with E-state index in [2.05, 4.69) is 32.1 Å². The van der Waals surface area contributed by atoms with Crippen LogP contribution >= 0.6 is 0 Å². The van der Waals surface area contributed by atoms with Crippen LogP contribution in [0.5, 0.6) is 5.75 Å². The largest absolute Gasteiger partial charge is 0.427 e. The van der Waals surface area contributed by atoms with Gasteiger partial charge in [-0.25, -0.2) is 0 Å². The van der Waals surface area contributed by atoms with Gasteiger partial charge in [0.25, 0.3) is 0 Å². The lowest BCUT2D eigenvalue weighted by atomic mass is 9.88. The molecule has 1 aromatic carbocycles. The van der Waals surface area contributed by atoms with Crippen LogP contribution in [-0.4, -0.2) is 5.97 Å². The fourth-order valence-electron chi connectivity index (χ4n) is 3.20. The Bertz CT molecular complexity index is 527. The minimum atomic E-state index is -0.107. The number of hydrogen-bond donors (Lipinski definition) is 0. The Hall–Kier alpha value is -1.57. The summed E-state index contributed by atoms with van der Waals surface area (Å²) in [6.07, 6.45) is 13.6. The van der Waals surface area contributed by atoms with E-state index in [0.717, 1.165) is 25.2 Å². The molecule has 0 N–H and O–H groups in total. The van der Waals surface area contributed by atoms with Gasteiger partial charge in [0, 0.05) is 6.42 Å². The lowest BCUT2D eigenvalue weighted by molar-refractivity contribution is -0.134. The zero-order chi connectivity index (χ0) is 17.2. The van der Waals surface area contributed by atoms with Crippen LogP contribution in [0.15, 0.2) is 30.3 Å². The number of benzene rings is 1. The molecule has 0 saturated carbocycles. The number of ether oxygens (including phenoxy) is 1. The molecule has 0 aliphatic heterocycles. The first kappa shape index (κ1) is 18.8. The maximum absolute atomic E-state index is 11.9. The number of rotatable bonds is 9. The molecule has 0 bridgehead atoms. The third-order valence-electron chi connectivity index (χ3n) is 4.86. The highest BCUT2D eigenvalue weighted by Gasteiger charge is 2.12. The van der Waals surface area contributed by atoms with Crippen LogP contribution in [0.2, 0.25) is 0 Å². The molecule has 2 nitrogen and oxygen atoms in total. The lowest BCUT2D eigenvalue weighted by Crippen LogP contribution is -2.07. The second-order valence-electron chi connectivity index (χ2n) is 7.13. The Morgan fingerprint density at radius 2 is 1.79 bits per heavy atom. The lowest BCUT2D eigenvalue weighted by Gasteiger charge is -2.18. The molecule has 0 saturated heterocycles. The van der Waals surface area contributed by atoms with Gasteiger partial charge in [-0.15, -0.1) is 0 Å². The summed E-state index contributed by atoms with van der Waals surface area (Å²) in [6, 6.07) is 8.01. The molecule has 1 aliphatic rings. The van der Waals surface area contributed by atoms with Crippen molar-refractivity contribution in [1.29, 1.82) is 0 Å². The SMILES string of the molecule is CCCCCCCCC(=O)Oc1ccc(C2=CCC(C)CC2)cc1. The van der Waals surface area contributed by atoms with Gasteiger partial charge in [0.05, 0.1) is 0 Å². The van der Waals surface area contributed by atoms with Crippen molar-refractivity contribution >= 4 is 11.5 Å². The monoisotopic (exact) mass is 328 g/mol. The summed E-state index contributed by atoms with van der Waals surface area (Å²) in [5.74, 6) is 1.36. The normalized spacial score (nSPS) is 17.4. The zero-order valence-corrected chi connectivity index (χ0v) is 15.4. The summed E-state index contributed by atoms with van der Waals surface area (Å²) < 4.78 is 5.44. The van der Waals surface area contributed by atoms with Gasteiger partial charge in [-0.2, -0.15) is 0 Å². The molecule has 0 spiro atoms. The van der Waals surface area contributed by atoms with E-state index in [1.807, 2.05) is 12.1 Å². The number of unbranched alkanes of at least 4 members (excludes halogenated alkanes) is 5. The molecule has 1 atom stereocenters. The van der Waals surface area contributed by atoms with E-state index in [-0.39, 0.29) is 5.97 Å². The molecular weight excluding hydrogens is 296 g/mol. The van der Waals surface area contributed by atoms with Gasteiger partial charge >= 0.3 is 5.97 Å². The molecule has 2 heteroatoms. The van der Waals surface area contributed by atoms with Crippen molar-refractivity contribution < 1.29 is 9.53 Å². The van der Waals surface area contributed by atoms with Crippen molar-refractivity contribution in [3.8, 4) is 5.75 Å². The third kappa shape index (κ3) is 6.51. The summed E-state index contributed by atoms with van der Waals surface area (Å²) in [6.45, 7) is 4.52. The Labute approximate surface area is 147 Å². The topological polar surface area (TPSA) is 26.3 Å². The Morgan fingerprint density at radius 3 is 2.46 bits per heavy atom. The molecule has 132 valence electrons. The number of esters is 1. The third-order valence-corrected chi connectivity index (χ3v) is 4.86. The average Bonchev–Trinajstić information content (AvgIpc) is 2.59. The first-order chi connectivity index (χ1) is 11.7. The van der Waals surface area contributed by atoms with Crippen molar-refractivity contribution in [2.45, 2.75) is 78.1 Å². The van der Waals surface area contributed by atoms with Crippen LogP contribution in [0, 0.1) is 5.92 Å². The second kappa shape index (κ2) is 10.3. The van der Waals surface area contributed by atoms with Crippen molar-refractivity contribution in [3.63, 3.8) is 0 Å². The van der Waals surface area contributed by atoms with E-state index in [0.29, 0.717) is 12.2 Å². The molecule has 2 rings (SSSR count). The number of hydrogen-bond acceptors (Lipinski definition) is 2. The van der Waals surface area contributed by atoms with Gasteiger partial charge in [-0.05, 0) is 54.9 Å². The Balaban J connectivity index is 1.72. The molecule has 1 unspecified atom stereocenters. The molecule has 1 aromatic rings. The van der Waals surface area contributed by atoms with E-state index in [1.54, 1.807) is 0 Å². The molecule has 0 heterocycles. The van der Waals surface area contributed by atoms with Crippen LogP contribution in [0.25, 0.3) is 5.57 Å². The molecular formula is C22H32O2. The Kier molecular flexibility index (Phi) is 8.07. The number of allylic oxidation sites excluding steroid dienone is 2. The highest BCUT2D eigenvalue weighted by molar-refractivity contribution is 5.73. The smallest absolute Gasteiger partial charge is 0.311 e. The molecule has 0 radical (unpaired) electrons. The van der Waals surface area contributed by atoms with Crippen LogP contribution < -0.4 is 4.74 Å². The minimum absolute atomic E-state index is 0.107. The number of carbonyl (C=O) groups is 1. The van der Waals surface area contributed by atoms with E-state index < -0.39 is 0 Å². The fraction of sp³-hybridized carbons (Fsp3) is 0.591. The highest BCUT2D eigenvalue weighted by Crippen LogP contribution is 2.30. The predicted molar refractivity (Wildman–Crippen MR) is 101 cm³/mol. The van der Waals surface area contributed by atoms with Crippen LogP contribution in [0.4, 0.5) is 0 Å². The molecule has 1 aliphatic carbocycles. The first-order valence-electron chi connectivity index (χ1n) is 9.69. The van der Waals surface area contributed by atoms with E-state index in [1.165, 1.54) is 49.7 Å². The summed E-state index contributed by atoms with van der Waals surface area (Å²) in [4.78, 5) is 11.9. The number of carbonyl (C=O) groups excluding carboxylic acids is 1. The van der Waals surface area contributed by atoms with Gasteiger partial charge in [0.2, 0.25) is 0 Å². The van der Waals surface area contributed by atoms with Crippen molar-refractivity contribution in [1.82, 2.24) is 0 Å². The highest BCUT2D eigenvalue weighted by atomic mass is 16.5. The average molecular weight is 328 g/mol. The van der Waals surface area contributed by atoms with Crippen molar-refractivity contribution in [2.75, 3.05) is 0 Å². The summed E-state index contributed by atoms with van der Waals surface area (Å²) in [7, 11) is 0. The van der Waals surface area contributed by atoms with Gasteiger partial charge in [0.15, 0.2) is 0 Å². The van der Waals surface area contributed by atoms with Gasteiger partial charge in [-0.1, -0.05) is 64.2 Å². The Morgan fingerprint density at radius 1 is 1.08 bits per heavy atom. The minimum Gasteiger partial charge on any atom is -0.427 e. The maximum atomic E-state index is 11.9. The summed E-state index contributed by atoms with van der Waals surface area (Å²) >= 11 is 0. The molecule has 0 fully saturated rings. The molecule has 24 heavy (non-hydrogen) atoms. The second-order valence-corrected chi connectivity index (χ2v) is 7.13. The van der Waals surface area contributed by atoms with E-state index in [9.17, 15) is 4.79 Å². The standard InChI is InChI=1S/C22H32O2/c1-3-4-5-6-7-8-9-22(23)24-21-16-14-20(15-17-21)19-12-10-18(2)11-13-19/h12,14-18H,3-11,13H2,1-2H3. The first-order valence-corrected chi connectivity index (χ1v) is 9.69. The summed E-state index contributed by atoms with van der Waals surface area (Å²) in [5.41, 5.74) is 2.69. The van der Waals surface area contributed by atoms with E-state index in [4.69, 9.17) is 4.74 Å². The molecule has 0 aromatic heterocycles. The fourth-order valence-corrected chi connectivity index (χ4v) is 3.20. The van der Waals surface area contributed by atoms with Crippen molar-refractivity contribution in [3.05, 3.63) is 35.9 Å². The van der Waals surface area contributed by atoms with Gasteiger partial charge < -0.3 is 4.74 Å². The van der Waals surface area contributed by atoms with E-state index >= 15 is 0 Å². The zero-order valence-electron chi connectivity index (χ0n) is 15.4. The molecule has 0 amide bonds. The van der Waals surface area contributed by atoms with Crippen molar-refractivity contribution in [2.24, 2.45) is 5.92 Å². The van der Waals surface area contributed by atoms with Crippen LogP contribution in [0.1, 0.15) is 83.6 Å². The quantitative estimate of drug-likeness (QED) is 0.292. The van der Waals surface area contributed by atoms with Gasteiger partial charge in [0.1, 0.15) is 5.75 Å². The van der Waals surface area contributed by atoms with Gasteiger partial charge in [-0.3, -0.25) is 4.79 Å². The predicted octanol–water partition coefficient (Wildman–Crippen LogP) is 6.55. The maximum Gasteiger partial charge on any atom is 0.311 e. The van der Waals surface area contributed by atoms with Crippen LogP contribution in [-0.2, 0) is 4.79 Å². The van der Waals surface area contributed by atoms with Crippen LogP contribution in [0.3, 0.4) is 0 Å². The summed E-state index contributed by atoms with van der Waals surface area (Å²) in [5, 5.41) is 0.